The Morgan fingerprint density at radius 2 is 2.06 bits per heavy atom. The van der Waals surface area contributed by atoms with Gasteiger partial charge in [-0.15, -0.1) is 0 Å². The maximum atomic E-state index is 12.8. The zero-order chi connectivity index (χ0) is 23.6. The molecule has 0 spiro atoms. The van der Waals surface area contributed by atoms with Crippen LogP contribution in [-0.2, 0) is 36.5 Å². The van der Waals surface area contributed by atoms with Crippen molar-refractivity contribution in [3.8, 4) is 0 Å². The summed E-state index contributed by atoms with van der Waals surface area (Å²) in [4.78, 5) is 47.9. The topological polar surface area (TPSA) is 156 Å². The third-order valence-corrected chi connectivity index (χ3v) is 6.35. The van der Waals surface area contributed by atoms with Crippen LogP contribution in [0, 0.1) is 16.0 Å². The van der Waals surface area contributed by atoms with Crippen molar-refractivity contribution in [1.29, 1.82) is 0 Å². The average Bonchev–Trinajstić information content (AvgIpc) is 3.06. The Balaban J connectivity index is 1.80. The highest BCUT2D eigenvalue weighted by molar-refractivity contribution is 7.91. The summed E-state index contributed by atoms with van der Waals surface area (Å²) in [5.41, 5.74) is 0.231. The van der Waals surface area contributed by atoms with E-state index in [0.29, 0.717) is 5.56 Å². The van der Waals surface area contributed by atoms with E-state index in [1.165, 1.54) is 54.6 Å². The predicted molar refractivity (Wildman–Crippen MR) is 111 cm³/mol. The first-order valence-corrected chi connectivity index (χ1v) is 10.8. The van der Waals surface area contributed by atoms with Crippen molar-refractivity contribution in [2.24, 2.45) is 5.92 Å². The molecule has 0 aliphatic carbocycles. The number of non-ortho nitro benzene ring substituents is 1. The molecule has 0 saturated carbocycles. The zero-order valence-corrected chi connectivity index (χ0v) is 18.0. The van der Waals surface area contributed by atoms with Crippen molar-refractivity contribution in [1.82, 2.24) is 10.2 Å². The van der Waals surface area contributed by atoms with E-state index in [1.54, 1.807) is 0 Å². The Hall–Kier alpha value is -3.38. The van der Waals surface area contributed by atoms with Crippen LogP contribution < -0.4 is 5.32 Å². The molecule has 12 heteroatoms. The molecule has 1 aromatic carbocycles. The van der Waals surface area contributed by atoms with E-state index in [4.69, 9.17) is 4.74 Å². The minimum absolute atomic E-state index is 0.111. The number of nitro benzene ring substituents is 1. The maximum absolute atomic E-state index is 12.8. The molecule has 4 atom stereocenters. The molecule has 32 heavy (non-hydrogen) atoms. The maximum Gasteiger partial charge on any atom is 0.356 e. The van der Waals surface area contributed by atoms with Gasteiger partial charge in [0.2, 0.25) is 11.8 Å². The summed E-state index contributed by atoms with van der Waals surface area (Å²) < 4.78 is 18.0. The number of ether oxygens (including phenoxy) is 1. The number of hydrogen-bond donors (Lipinski definition) is 2. The van der Waals surface area contributed by atoms with Gasteiger partial charge in [-0.25, -0.2) is 9.00 Å². The number of carbonyl (C=O) groups excluding carboxylic acids is 3. The van der Waals surface area contributed by atoms with Crippen LogP contribution in [0.25, 0.3) is 0 Å². The highest BCUT2D eigenvalue weighted by Gasteiger charge is 2.57. The van der Waals surface area contributed by atoms with E-state index in [9.17, 15) is 33.8 Å². The van der Waals surface area contributed by atoms with Gasteiger partial charge >= 0.3 is 5.97 Å². The highest BCUT2D eigenvalue weighted by atomic mass is 32.2. The minimum atomic E-state index is -1.83. The van der Waals surface area contributed by atoms with Crippen LogP contribution in [-0.4, -0.2) is 49.1 Å². The second kappa shape index (κ2) is 9.40. The van der Waals surface area contributed by atoms with Gasteiger partial charge in [-0.1, -0.05) is 0 Å². The number of amides is 2. The normalized spacial score (nSPS) is 21.7. The molecule has 2 aliphatic heterocycles. The van der Waals surface area contributed by atoms with E-state index in [1.807, 2.05) is 0 Å². The van der Waals surface area contributed by atoms with Gasteiger partial charge < -0.3 is 20.1 Å². The summed E-state index contributed by atoms with van der Waals surface area (Å²) in [5, 5.41) is 24.2. The average molecular weight is 463 g/mol. The molecule has 2 N–H and O–H groups in total. The Morgan fingerprint density at radius 3 is 2.62 bits per heavy atom. The van der Waals surface area contributed by atoms with Crippen LogP contribution >= 0.6 is 0 Å². The molecule has 11 nitrogen and oxygen atoms in total. The van der Waals surface area contributed by atoms with Gasteiger partial charge in [-0.3, -0.25) is 19.7 Å². The SMILES string of the molecule is CC(=O)NC=C[S@](=O)C1=C(C(=O)OCc2ccc([N+](=O)[O-])cc2)N2C(=O)[C@H](C(C)O)[C@H]2C1. The Morgan fingerprint density at radius 1 is 1.41 bits per heavy atom. The van der Waals surface area contributed by atoms with Crippen LogP contribution in [0.15, 0.2) is 46.5 Å². The smallest absolute Gasteiger partial charge is 0.356 e. The van der Waals surface area contributed by atoms with E-state index in [-0.39, 0.29) is 35.2 Å². The third-order valence-electron chi connectivity index (χ3n) is 5.12. The fourth-order valence-electron chi connectivity index (χ4n) is 3.63. The van der Waals surface area contributed by atoms with E-state index < -0.39 is 45.7 Å². The number of esters is 1. The summed E-state index contributed by atoms with van der Waals surface area (Å²) in [5.74, 6) is -2.43. The summed E-state index contributed by atoms with van der Waals surface area (Å²) in [6, 6.07) is 4.90. The Kier molecular flexibility index (Phi) is 6.84. The minimum Gasteiger partial charge on any atom is -0.456 e. The highest BCUT2D eigenvalue weighted by Crippen LogP contribution is 2.45. The standard InChI is InChI=1S/C20H21N3O8S/c1-11(24)17-15-9-16(32(30)8-7-21-12(2)25)18(22(15)19(17)26)20(27)31-10-13-3-5-14(6-4-13)23(28)29/h3-8,11,15,17,24H,9-10H2,1-2H3,(H,21,25)/t11?,15-,17-,32+/m1/s1. The van der Waals surface area contributed by atoms with Crippen LogP contribution in [0.2, 0.25) is 0 Å². The molecular formula is C20H21N3O8S. The van der Waals surface area contributed by atoms with Gasteiger partial charge in [-0.2, -0.15) is 0 Å². The number of carbonyl (C=O) groups is 3. The molecule has 2 amide bonds. The second-order valence-electron chi connectivity index (χ2n) is 7.32. The third kappa shape index (κ3) is 4.60. The van der Waals surface area contributed by atoms with E-state index in [2.05, 4.69) is 5.32 Å². The lowest BCUT2D eigenvalue weighted by Crippen LogP contribution is -2.61. The van der Waals surface area contributed by atoms with Crippen molar-refractivity contribution in [3.63, 3.8) is 0 Å². The molecule has 2 heterocycles. The van der Waals surface area contributed by atoms with Crippen LogP contribution in [0.3, 0.4) is 0 Å². The Bertz CT molecular complexity index is 1050. The summed E-state index contributed by atoms with van der Waals surface area (Å²) in [7, 11) is -1.83. The monoisotopic (exact) mass is 463 g/mol. The number of rotatable bonds is 8. The lowest BCUT2D eigenvalue weighted by molar-refractivity contribution is -0.384. The van der Waals surface area contributed by atoms with Gasteiger partial charge in [0, 0.05) is 37.1 Å². The number of nitro groups is 1. The number of aliphatic hydroxyl groups is 1. The predicted octanol–water partition coefficient (Wildman–Crippen LogP) is 0.817. The molecule has 1 aromatic rings. The summed E-state index contributed by atoms with van der Waals surface area (Å²) >= 11 is 0. The number of hydrogen-bond acceptors (Lipinski definition) is 8. The summed E-state index contributed by atoms with van der Waals surface area (Å²) in [6.07, 6.45) is 0.360. The van der Waals surface area contributed by atoms with E-state index >= 15 is 0 Å². The van der Waals surface area contributed by atoms with Crippen molar-refractivity contribution in [2.45, 2.75) is 39.0 Å². The molecule has 170 valence electrons. The number of aliphatic hydroxyl groups excluding tert-OH is 1. The first-order chi connectivity index (χ1) is 15.1. The van der Waals surface area contributed by atoms with Crippen molar-refractivity contribution in [3.05, 3.63) is 62.2 Å². The van der Waals surface area contributed by atoms with Gasteiger partial charge in [0.1, 0.15) is 12.3 Å². The largest absolute Gasteiger partial charge is 0.456 e. The van der Waals surface area contributed by atoms with Crippen LogP contribution in [0.1, 0.15) is 25.8 Å². The quantitative estimate of drug-likeness (QED) is 0.248. The van der Waals surface area contributed by atoms with Crippen molar-refractivity contribution < 1.29 is 33.4 Å². The second-order valence-corrected chi connectivity index (χ2v) is 8.68. The first kappa shape index (κ1) is 23.3. The van der Waals surface area contributed by atoms with Gasteiger partial charge in [0.15, 0.2) is 0 Å². The lowest BCUT2D eigenvalue weighted by atomic mass is 9.83. The number of fused-ring (bicyclic) bond motifs is 1. The molecule has 2 aliphatic rings. The fraction of sp³-hybridized carbons (Fsp3) is 0.350. The van der Waals surface area contributed by atoms with E-state index in [0.717, 1.165) is 0 Å². The molecular weight excluding hydrogens is 442 g/mol. The van der Waals surface area contributed by atoms with Gasteiger partial charge in [0.05, 0.1) is 38.7 Å². The lowest BCUT2D eigenvalue weighted by Gasteiger charge is -2.44. The Labute approximate surface area is 185 Å². The van der Waals surface area contributed by atoms with Crippen LogP contribution in [0.5, 0.6) is 0 Å². The molecule has 0 bridgehead atoms. The molecule has 1 saturated heterocycles. The first-order valence-electron chi connectivity index (χ1n) is 9.61. The van der Waals surface area contributed by atoms with Gasteiger partial charge in [-0.05, 0) is 24.6 Å². The number of nitrogens with zero attached hydrogens (tertiary/aromatic N) is 2. The van der Waals surface area contributed by atoms with Crippen molar-refractivity contribution in [2.75, 3.05) is 0 Å². The van der Waals surface area contributed by atoms with Crippen molar-refractivity contribution >= 4 is 34.3 Å². The van der Waals surface area contributed by atoms with Gasteiger partial charge in [0.25, 0.3) is 5.69 Å². The molecule has 3 rings (SSSR count). The number of nitrogens with one attached hydrogen (secondary N) is 1. The number of benzene rings is 1. The molecule has 1 unspecified atom stereocenters. The van der Waals surface area contributed by atoms with Crippen LogP contribution in [0.4, 0.5) is 5.69 Å². The summed E-state index contributed by atoms with van der Waals surface area (Å²) in [6.45, 7) is 2.54. The number of β-lactam (4-membered cyclic amide) rings is 1. The molecule has 0 aromatic heterocycles. The fourth-order valence-corrected chi connectivity index (χ4v) is 4.69. The molecule has 0 radical (unpaired) electrons. The zero-order valence-electron chi connectivity index (χ0n) is 17.2. The molecule has 1 fully saturated rings.